The van der Waals surface area contributed by atoms with Gasteiger partial charge in [0.05, 0.1) is 6.26 Å². The molecule has 2 aliphatic heterocycles. The number of anilines is 1. The predicted molar refractivity (Wildman–Crippen MR) is 95.0 cm³/mol. The van der Waals surface area contributed by atoms with E-state index in [0.29, 0.717) is 5.56 Å². The lowest BCUT2D eigenvalue weighted by molar-refractivity contribution is -0.162. The smallest absolute Gasteiger partial charge is 0.351 e. The quantitative estimate of drug-likeness (QED) is 0.620. The molecule has 0 saturated carbocycles. The van der Waals surface area contributed by atoms with E-state index in [4.69, 9.17) is 15.2 Å². The van der Waals surface area contributed by atoms with Crippen molar-refractivity contribution in [2.24, 2.45) is 0 Å². The molecule has 0 bridgehead atoms. The fourth-order valence-electron chi connectivity index (χ4n) is 3.28. The van der Waals surface area contributed by atoms with Crippen LogP contribution in [0.25, 0.3) is 0 Å². The van der Waals surface area contributed by atoms with Crippen molar-refractivity contribution in [2.75, 3.05) is 5.73 Å². The van der Waals surface area contributed by atoms with E-state index >= 15 is 0 Å². The highest BCUT2D eigenvalue weighted by molar-refractivity contribution is 9.10. The fraction of sp³-hybridized carbons (Fsp3) is 0.294. The summed E-state index contributed by atoms with van der Waals surface area (Å²) in [6.45, 7) is 0. The number of aliphatic hydroxyl groups excluding tert-OH is 2. The van der Waals surface area contributed by atoms with E-state index in [2.05, 4.69) is 20.9 Å². The monoisotopic (exact) mass is 421 g/mol. The highest BCUT2D eigenvalue weighted by atomic mass is 79.9. The summed E-state index contributed by atoms with van der Waals surface area (Å²) < 4.78 is 11.2. The van der Waals surface area contributed by atoms with Gasteiger partial charge in [-0.3, -0.25) is 4.57 Å². The first-order valence-corrected chi connectivity index (χ1v) is 8.67. The van der Waals surface area contributed by atoms with Gasteiger partial charge in [0.2, 0.25) is 4.51 Å². The third-order valence-electron chi connectivity index (χ3n) is 4.68. The van der Waals surface area contributed by atoms with Crippen molar-refractivity contribution in [3.05, 3.63) is 71.0 Å². The zero-order chi connectivity index (χ0) is 18.5. The number of nitrogen functional groups attached to an aromatic ring is 1. The summed E-state index contributed by atoms with van der Waals surface area (Å²) in [6, 6.07) is 10.5. The normalized spacial score (nSPS) is 35.7. The molecule has 8 nitrogen and oxygen atoms in total. The molecule has 3 heterocycles. The van der Waals surface area contributed by atoms with E-state index in [1.54, 1.807) is 6.08 Å². The topological polar surface area (TPSA) is 120 Å². The van der Waals surface area contributed by atoms with Crippen LogP contribution in [-0.2, 0) is 15.1 Å². The Morgan fingerprint density at radius 1 is 1.23 bits per heavy atom. The number of hydrogen-bond donors (Lipinski definition) is 3. The number of rotatable bonds is 3. The molecular formula is C17H16BrN3O5. The number of alkyl halides is 1. The maximum atomic E-state index is 12.1. The molecule has 1 aromatic carbocycles. The minimum atomic E-state index is -1.53. The number of aliphatic hydroxyl groups is 2. The molecule has 1 saturated heterocycles. The molecule has 1 aromatic heterocycles. The fourth-order valence-corrected chi connectivity index (χ4v) is 4.20. The van der Waals surface area contributed by atoms with Crippen molar-refractivity contribution >= 4 is 21.7 Å². The second-order valence-corrected chi connectivity index (χ2v) is 7.33. The Hall–Kier alpha value is -2.20. The van der Waals surface area contributed by atoms with Gasteiger partial charge in [0.15, 0.2) is 11.8 Å². The SMILES string of the molecule is Nc1ccn([C@@H]2O[C@](Br)(C3(c4ccccc4)C=CO3)[C@@H](O)[C@H]2O)c(=O)n1. The Kier molecular flexibility index (Phi) is 3.92. The minimum absolute atomic E-state index is 0.0513. The first-order chi connectivity index (χ1) is 12.4. The van der Waals surface area contributed by atoms with Gasteiger partial charge in [-0.1, -0.05) is 30.3 Å². The molecule has 0 aliphatic carbocycles. The molecule has 1 fully saturated rings. The van der Waals surface area contributed by atoms with Crippen molar-refractivity contribution in [1.29, 1.82) is 0 Å². The zero-order valence-corrected chi connectivity index (χ0v) is 15.0. The number of benzene rings is 1. The molecule has 5 atom stereocenters. The van der Waals surface area contributed by atoms with Gasteiger partial charge in [0.1, 0.15) is 18.0 Å². The number of ether oxygens (including phenoxy) is 2. The van der Waals surface area contributed by atoms with E-state index in [1.807, 2.05) is 30.3 Å². The molecular weight excluding hydrogens is 406 g/mol. The van der Waals surface area contributed by atoms with Crippen LogP contribution in [0.15, 0.2) is 59.7 Å². The molecule has 2 aromatic rings. The van der Waals surface area contributed by atoms with Gasteiger partial charge in [0.25, 0.3) is 0 Å². The molecule has 4 rings (SSSR count). The molecule has 2 aliphatic rings. The second-order valence-electron chi connectivity index (χ2n) is 6.15. The van der Waals surface area contributed by atoms with E-state index in [-0.39, 0.29) is 5.82 Å². The van der Waals surface area contributed by atoms with Gasteiger partial charge in [-0.05, 0) is 22.0 Å². The maximum Gasteiger partial charge on any atom is 0.351 e. The lowest BCUT2D eigenvalue weighted by Gasteiger charge is -2.47. The van der Waals surface area contributed by atoms with Crippen molar-refractivity contribution in [1.82, 2.24) is 9.55 Å². The van der Waals surface area contributed by atoms with E-state index < -0.39 is 34.2 Å². The van der Waals surface area contributed by atoms with Crippen LogP contribution in [-0.4, -0.2) is 36.5 Å². The van der Waals surface area contributed by atoms with Crippen LogP contribution >= 0.6 is 15.9 Å². The average molecular weight is 422 g/mol. The van der Waals surface area contributed by atoms with E-state index in [0.717, 1.165) is 4.57 Å². The molecule has 0 radical (unpaired) electrons. The molecule has 0 spiro atoms. The molecule has 1 unspecified atom stereocenters. The van der Waals surface area contributed by atoms with Gasteiger partial charge in [-0.15, -0.1) is 0 Å². The molecule has 4 N–H and O–H groups in total. The van der Waals surface area contributed by atoms with Crippen LogP contribution in [0.4, 0.5) is 5.82 Å². The van der Waals surface area contributed by atoms with Gasteiger partial charge in [-0.25, -0.2) is 4.79 Å². The van der Waals surface area contributed by atoms with Crippen LogP contribution in [0, 0.1) is 0 Å². The second kappa shape index (κ2) is 5.92. The van der Waals surface area contributed by atoms with E-state index in [9.17, 15) is 15.0 Å². The Bertz CT molecular complexity index is 920. The first kappa shape index (κ1) is 17.2. The zero-order valence-electron chi connectivity index (χ0n) is 13.4. The average Bonchev–Trinajstić information content (AvgIpc) is 2.80. The largest absolute Gasteiger partial charge is 0.482 e. The summed E-state index contributed by atoms with van der Waals surface area (Å²) in [7, 11) is 0. The molecule has 136 valence electrons. The Balaban J connectivity index is 1.78. The summed E-state index contributed by atoms with van der Waals surface area (Å²) in [5, 5.41) is 21.3. The minimum Gasteiger partial charge on any atom is -0.482 e. The van der Waals surface area contributed by atoms with Gasteiger partial charge in [-0.2, -0.15) is 4.98 Å². The van der Waals surface area contributed by atoms with Crippen molar-refractivity contribution < 1.29 is 19.7 Å². The third-order valence-corrected chi connectivity index (χ3v) is 5.92. The van der Waals surface area contributed by atoms with Crippen LogP contribution in [0.3, 0.4) is 0 Å². The Morgan fingerprint density at radius 3 is 2.50 bits per heavy atom. The molecule has 0 amide bonds. The summed E-state index contributed by atoms with van der Waals surface area (Å²) in [5.41, 5.74) is 4.35. The lowest BCUT2D eigenvalue weighted by atomic mass is 9.82. The van der Waals surface area contributed by atoms with Crippen molar-refractivity contribution in [3.63, 3.8) is 0 Å². The van der Waals surface area contributed by atoms with Crippen molar-refractivity contribution in [3.8, 4) is 0 Å². The highest BCUT2D eigenvalue weighted by Crippen LogP contribution is 2.56. The number of halogens is 1. The third kappa shape index (κ3) is 2.25. The van der Waals surface area contributed by atoms with Crippen LogP contribution in [0.5, 0.6) is 0 Å². The van der Waals surface area contributed by atoms with Crippen LogP contribution in [0.1, 0.15) is 11.8 Å². The standard InChI is InChI=1S/C17H16BrN3O5/c18-17(16(7-9-25-16)10-4-2-1-3-5-10)13(23)12(22)14(26-17)21-8-6-11(19)20-15(21)24/h1-9,12-14,22-23H,(H2,19,20,24)/t12-,13+,14-,16?,17+/m1/s1. The molecule has 26 heavy (non-hydrogen) atoms. The Labute approximate surface area is 156 Å². The summed E-state index contributed by atoms with van der Waals surface area (Å²) in [4.78, 5) is 15.8. The van der Waals surface area contributed by atoms with Gasteiger partial charge < -0.3 is 25.4 Å². The summed E-state index contributed by atoms with van der Waals surface area (Å²) in [5.74, 6) is 0.0513. The highest BCUT2D eigenvalue weighted by Gasteiger charge is 2.67. The number of aromatic nitrogens is 2. The predicted octanol–water partition coefficient (Wildman–Crippen LogP) is 0.607. The summed E-state index contributed by atoms with van der Waals surface area (Å²) >= 11 is 3.43. The number of nitrogens with two attached hydrogens (primary N) is 1. The maximum absolute atomic E-state index is 12.1. The van der Waals surface area contributed by atoms with Crippen molar-refractivity contribution in [2.45, 2.75) is 28.5 Å². The first-order valence-electron chi connectivity index (χ1n) is 7.88. The lowest BCUT2D eigenvalue weighted by Crippen LogP contribution is -2.57. The number of hydrogen-bond acceptors (Lipinski definition) is 7. The van der Waals surface area contributed by atoms with Gasteiger partial charge in [0, 0.05) is 17.8 Å². The summed E-state index contributed by atoms with van der Waals surface area (Å²) in [6.07, 6.45) is 0.569. The van der Waals surface area contributed by atoms with E-state index in [1.165, 1.54) is 18.5 Å². The Morgan fingerprint density at radius 2 is 1.92 bits per heavy atom. The van der Waals surface area contributed by atoms with Crippen LogP contribution < -0.4 is 11.4 Å². The van der Waals surface area contributed by atoms with Crippen LogP contribution in [0.2, 0.25) is 0 Å². The molecule has 9 heteroatoms. The number of nitrogens with zero attached hydrogens (tertiary/aromatic N) is 2. The van der Waals surface area contributed by atoms with Gasteiger partial charge >= 0.3 is 5.69 Å².